The van der Waals surface area contributed by atoms with Crippen LogP contribution in [-0.2, 0) is 0 Å². The average Bonchev–Trinajstić information content (AvgIpc) is 2.81. The van der Waals surface area contributed by atoms with Gasteiger partial charge in [-0.1, -0.05) is 0 Å². The van der Waals surface area contributed by atoms with Crippen molar-refractivity contribution in [2.24, 2.45) is 0 Å². The Morgan fingerprint density at radius 3 is 2.68 bits per heavy atom. The zero-order valence-electron chi connectivity index (χ0n) is 11.2. The van der Waals surface area contributed by atoms with E-state index in [-0.39, 0.29) is 6.10 Å². The van der Waals surface area contributed by atoms with Crippen LogP contribution in [0, 0.1) is 0 Å². The van der Waals surface area contributed by atoms with Crippen molar-refractivity contribution in [1.82, 2.24) is 15.0 Å². The van der Waals surface area contributed by atoms with Crippen molar-refractivity contribution in [3.05, 3.63) is 16.8 Å². The first kappa shape index (κ1) is 13.5. The van der Waals surface area contributed by atoms with Crippen LogP contribution in [0.1, 0.15) is 20.8 Å². The van der Waals surface area contributed by atoms with Crippen LogP contribution in [0.15, 0.2) is 16.8 Å². The Balaban J connectivity index is 2.22. The number of hydrogen-bond donors (Lipinski definition) is 2. The van der Waals surface area contributed by atoms with Crippen LogP contribution in [0.2, 0.25) is 0 Å². The number of rotatable bonds is 6. The van der Waals surface area contributed by atoms with Crippen molar-refractivity contribution < 1.29 is 4.74 Å². The van der Waals surface area contributed by atoms with E-state index in [4.69, 9.17) is 4.74 Å². The second-order valence-corrected chi connectivity index (χ2v) is 4.88. The highest BCUT2D eigenvalue weighted by molar-refractivity contribution is 7.08. The molecule has 0 saturated heterocycles. The number of aromatic nitrogens is 3. The fourth-order valence-electron chi connectivity index (χ4n) is 1.38. The van der Waals surface area contributed by atoms with Gasteiger partial charge in [-0.25, -0.2) is 0 Å². The van der Waals surface area contributed by atoms with Gasteiger partial charge in [0.2, 0.25) is 11.9 Å². The molecule has 2 N–H and O–H groups in total. The first-order valence-corrected chi connectivity index (χ1v) is 7.07. The minimum Gasteiger partial charge on any atom is -0.461 e. The summed E-state index contributed by atoms with van der Waals surface area (Å²) in [5, 5.41) is 10.2. The molecule has 0 unspecified atom stereocenters. The predicted molar refractivity (Wildman–Crippen MR) is 77.4 cm³/mol. The molecule has 7 heteroatoms. The third-order valence-corrected chi connectivity index (χ3v) is 2.75. The molecule has 0 spiro atoms. The monoisotopic (exact) mass is 279 g/mol. The zero-order chi connectivity index (χ0) is 13.7. The van der Waals surface area contributed by atoms with E-state index in [1.807, 2.05) is 37.6 Å². The molecular formula is C12H17N5OS. The molecule has 0 saturated carbocycles. The standard InChI is InChI=1S/C12H17N5OS/c1-4-13-10-15-11(14-9-5-6-19-7-9)17-12(16-10)18-8(2)3/h5-8H,4H2,1-3H3,(H2,13,14,15,16,17). The Morgan fingerprint density at radius 1 is 1.26 bits per heavy atom. The Bertz CT molecular complexity index is 515. The summed E-state index contributed by atoms with van der Waals surface area (Å²) in [5.41, 5.74) is 0.953. The van der Waals surface area contributed by atoms with Gasteiger partial charge in [0.1, 0.15) is 0 Å². The van der Waals surface area contributed by atoms with Gasteiger partial charge in [0.15, 0.2) is 0 Å². The van der Waals surface area contributed by atoms with Crippen molar-refractivity contribution in [2.75, 3.05) is 17.2 Å². The molecule has 0 aliphatic carbocycles. The molecule has 19 heavy (non-hydrogen) atoms. The van der Waals surface area contributed by atoms with Crippen LogP contribution < -0.4 is 15.4 Å². The minimum absolute atomic E-state index is 0.0193. The number of nitrogens with zero attached hydrogens (tertiary/aromatic N) is 3. The maximum absolute atomic E-state index is 5.52. The highest BCUT2D eigenvalue weighted by Gasteiger charge is 2.09. The van der Waals surface area contributed by atoms with Gasteiger partial charge in [0, 0.05) is 11.9 Å². The van der Waals surface area contributed by atoms with E-state index in [2.05, 4.69) is 25.6 Å². The Labute approximate surface area is 116 Å². The number of anilines is 3. The van der Waals surface area contributed by atoms with Gasteiger partial charge in [0.25, 0.3) is 0 Å². The molecule has 0 bridgehead atoms. The summed E-state index contributed by atoms with van der Waals surface area (Å²) in [6.45, 7) is 6.59. The van der Waals surface area contributed by atoms with E-state index in [1.165, 1.54) is 0 Å². The second-order valence-electron chi connectivity index (χ2n) is 4.10. The number of nitrogens with one attached hydrogen (secondary N) is 2. The molecular weight excluding hydrogens is 262 g/mol. The Morgan fingerprint density at radius 2 is 2.05 bits per heavy atom. The molecule has 0 aromatic carbocycles. The first-order chi connectivity index (χ1) is 9.17. The van der Waals surface area contributed by atoms with E-state index in [0.29, 0.717) is 17.9 Å². The molecule has 0 fully saturated rings. The summed E-state index contributed by atoms with van der Waals surface area (Å²) in [6.07, 6.45) is 0.0193. The molecule has 0 atom stereocenters. The van der Waals surface area contributed by atoms with Gasteiger partial charge in [-0.2, -0.15) is 26.3 Å². The highest BCUT2D eigenvalue weighted by atomic mass is 32.1. The Kier molecular flexibility index (Phi) is 4.51. The Hall–Kier alpha value is -1.89. The molecule has 102 valence electrons. The van der Waals surface area contributed by atoms with Crippen LogP contribution >= 0.6 is 11.3 Å². The van der Waals surface area contributed by atoms with Crippen molar-refractivity contribution in [2.45, 2.75) is 26.9 Å². The quantitative estimate of drug-likeness (QED) is 0.847. The molecule has 2 aromatic rings. The lowest BCUT2D eigenvalue weighted by Crippen LogP contribution is -2.12. The van der Waals surface area contributed by atoms with Crippen molar-refractivity contribution >= 4 is 28.9 Å². The SMILES string of the molecule is CCNc1nc(Nc2ccsc2)nc(OC(C)C)n1. The van der Waals surface area contributed by atoms with Crippen LogP contribution in [-0.4, -0.2) is 27.6 Å². The molecule has 0 aliphatic rings. The van der Waals surface area contributed by atoms with Gasteiger partial charge in [0.05, 0.1) is 11.8 Å². The van der Waals surface area contributed by atoms with E-state index >= 15 is 0 Å². The van der Waals surface area contributed by atoms with E-state index in [0.717, 1.165) is 12.2 Å². The van der Waals surface area contributed by atoms with E-state index in [1.54, 1.807) is 11.3 Å². The lowest BCUT2D eigenvalue weighted by atomic mass is 10.5. The summed E-state index contributed by atoms with van der Waals surface area (Å²) in [7, 11) is 0. The summed E-state index contributed by atoms with van der Waals surface area (Å²) in [5.74, 6) is 0.978. The maximum Gasteiger partial charge on any atom is 0.323 e. The van der Waals surface area contributed by atoms with Gasteiger partial charge in [-0.05, 0) is 32.2 Å². The first-order valence-electron chi connectivity index (χ1n) is 6.13. The predicted octanol–water partition coefficient (Wildman–Crippen LogP) is 2.90. The maximum atomic E-state index is 5.52. The van der Waals surface area contributed by atoms with Gasteiger partial charge < -0.3 is 15.4 Å². The molecule has 2 heterocycles. The van der Waals surface area contributed by atoms with Crippen molar-refractivity contribution in [3.63, 3.8) is 0 Å². The molecule has 6 nitrogen and oxygen atoms in total. The fraction of sp³-hybridized carbons (Fsp3) is 0.417. The summed E-state index contributed by atoms with van der Waals surface area (Å²) >= 11 is 1.61. The van der Waals surface area contributed by atoms with Crippen LogP contribution in [0.4, 0.5) is 17.6 Å². The highest BCUT2D eigenvalue weighted by Crippen LogP contribution is 2.19. The van der Waals surface area contributed by atoms with E-state index in [9.17, 15) is 0 Å². The summed E-state index contributed by atoms with van der Waals surface area (Å²) in [6, 6.07) is 2.28. The number of ether oxygens (including phenoxy) is 1. The second kappa shape index (κ2) is 6.33. The normalized spacial score (nSPS) is 10.5. The van der Waals surface area contributed by atoms with Crippen LogP contribution in [0.5, 0.6) is 6.01 Å². The third kappa shape index (κ3) is 4.06. The van der Waals surface area contributed by atoms with E-state index < -0.39 is 0 Å². The molecule has 0 amide bonds. The van der Waals surface area contributed by atoms with Crippen molar-refractivity contribution in [1.29, 1.82) is 0 Å². The number of thiophene rings is 1. The largest absolute Gasteiger partial charge is 0.461 e. The number of hydrogen-bond acceptors (Lipinski definition) is 7. The van der Waals surface area contributed by atoms with Gasteiger partial charge >= 0.3 is 6.01 Å². The average molecular weight is 279 g/mol. The molecule has 2 rings (SSSR count). The van der Waals surface area contributed by atoms with Gasteiger partial charge in [-0.15, -0.1) is 0 Å². The molecule has 2 aromatic heterocycles. The van der Waals surface area contributed by atoms with Gasteiger partial charge in [-0.3, -0.25) is 0 Å². The lowest BCUT2D eigenvalue weighted by molar-refractivity contribution is 0.222. The summed E-state index contributed by atoms with van der Waals surface area (Å²) < 4.78 is 5.52. The minimum atomic E-state index is 0.0193. The van der Waals surface area contributed by atoms with Crippen LogP contribution in [0.25, 0.3) is 0 Å². The van der Waals surface area contributed by atoms with Crippen molar-refractivity contribution in [3.8, 4) is 6.01 Å². The fourth-order valence-corrected chi connectivity index (χ4v) is 1.97. The molecule has 0 aliphatic heterocycles. The van der Waals surface area contributed by atoms with Crippen LogP contribution in [0.3, 0.4) is 0 Å². The topological polar surface area (TPSA) is 72.0 Å². The molecule has 0 radical (unpaired) electrons. The zero-order valence-corrected chi connectivity index (χ0v) is 12.0. The smallest absolute Gasteiger partial charge is 0.323 e. The lowest BCUT2D eigenvalue weighted by Gasteiger charge is -2.11. The summed E-state index contributed by atoms with van der Waals surface area (Å²) in [4.78, 5) is 12.7. The third-order valence-electron chi connectivity index (χ3n) is 2.07.